The minimum atomic E-state index is -0.926. The molecule has 0 bridgehead atoms. The van der Waals surface area contributed by atoms with Crippen LogP contribution in [0.3, 0.4) is 0 Å². The van der Waals surface area contributed by atoms with E-state index in [9.17, 15) is 13.6 Å². The molecule has 1 fully saturated rings. The predicted molar refractivity (Wildman–Crippen MR) is 143 cm³/mol. The zero-order chi connectivity index (χ0) is 26.0. The van der Waals surface area contributed by atoms with Crippen LogP contribution in [0.15, 0.2) is 94.7 Å². The number of allylic oxidation sites excluding steroid dienone is 2. The van der Waals surface area contributed by atoms with Crippen molar-refractivity contribution in [3.8, 4) is 0 Å². The number of hydrogen-bond acceptors (Lipinski definition) is 6. The van der Waals surface area contributed by atoms with Gasteiger partial charge in [-0.1, -0.05) is 23.2 Å². The number of nitrogens with zero attached hydrogens (tertiary/aromatic N) is 2. The molecular formula is C28H23ClF2N4OS. The number of aromatic nitrogens is 1. The Morgan fingerprint density at radius 1 is 1.16 bits per heavy atom. The van der Waals surface area contributed by atoms with Crippen LogP contribution in [0.25, 0.3) is 0 Å². The van der Waals surface area contributed by atoms with Crippen molar-refractivity contribution in [2.24, 2.45) is 5.41 Å². The number of Topliss-reactive ketones (excluding diaryl/α,β-unsaturated/α-hetero) is 1. The van der Waals surface area contributed by atoms with Crippen LogP contribution < -0.4 is 5.32 Å². The number of carbonyl (C=O) groups excluding carboxylic acids is 1. The highest BCUT2D eigenvalue weighted by atomic mass is 35.5. The molecule has 0 amide bonds. The van der Waals surface area contributed by atoms with Gasteiger partial charge in [-0.3, -0.25) is 9.78 Å². The summed E-state index contributed by atoms with van der Waals surface area (Å²) in [6, 6.07) is 15.8. The summed E-state index contributed by atoms with van der Waals surface area (Å²) in [7, 11) is 0. The van der Waals surface area contributed by atoms with Gasteiger partial charge in [-0.2, -0.15) is 0 Å². The third kappa shape index (κ3) is 5.23. The molecule has 5 rings (SSSR count). The number of halogens is 3. The fraction of sp³-hybridized carbons (Fsp3) is 0.179. The molecule has 1 aliphatic carbocycles. The number of nitrogens with one attached hydrogen (secondary N) is 2. The van der Waals surface area contributed by atoms with E-state index in [4.69, 9.17) is 17.0 Å². The molecular weight excluding hydrogens is 514 g/mol. The van der Waals surface area contributed by atoms with E-state index in [2.05, 4.69) is 14.6 Å². The van der Waals surface area contributed by atoms with Crippen LogP contribution >= 0.6 is 23.5 Å². The number of carbonyl (C=O) groups is 1. The number of benzene rings is 2. The number of anilines is 1. The summed E-state index contributed by atoms with van der Waals surface area (Å²) in [5.41, 5.74) is 2.46. The minimum Gasteiger partial charge on any atom is -0.355 e. The van der Waals surface area contributed by atoms with Crippen molar-refractivity contribution in [2.45, 2.75) is 17.7 Å². The van der Waals surface area contributed by atoms with Crippen LogP contribution in [-0.4, -0.2) is 34.4 Å². The highest BCUT2D eigenvalue weighted by Crippen LogP contribution is 2.48. The number of fused-ring (bicyclic) bond motifs is 1. The molecule has 1 aromatic heterocycles. The molecule has 3 aromatic rings. The van der Waals surface area contributed by atoms with Crippen molar-refractivity contribution in [2.75, 3.05) is 18.4 Å². The van der Waals surface area contributed by atoms with Gasteiger partial charge in [0.25, 0.3) is 0 Å². The Hall–Kier alpha value is -3.33. The van der Waals surface area contributed by atoms with E-state index >= 15 is 0 Å². The van der Waals surface area contributed by atoms with Crippen molar-refractivity contribution in [1.29, 1.82) is 5.41 Å². The highest BCUT2D eigenvalue weighted by Gasteiger charge is 2.49. The predicted octanol–water partition coefficient (Wildman–Crippen LogP) is 6.94. The standard InChI is InChI=1S/C28H23ClF2N4OS/c29-23-14-22(8-9-24(23)31)37-35-12-10-19-13-26(34-21-6-4-20(30)5-7-21)18(16-32)15-28(19,17-35)27(36)25-3-1-2-11-33-25/h1-9,11,13-14,16,32,34H,10,12,15,17H2. The van der Waals surface area contributed by atoms with E-state index in [-0.39, 0.29) is 16.6 Å². The van der Waals surface area contributed by atoms with E-state index < -0.39 is 11.2 Å². The summed E-state index contributed by atoms with van der Waals surface area (Å²) in [6.07, 6.45) is 5.73. The van der Waals surface area contributed by atoms with Crippen LogP contribution in [0.5, 0.6) is 0 Å². The van der Waals surface area contributed by atoms with Crippen LogP contribution in [-0.2, 0) is 0 Å². The van der Waals surface area contributed by atoms with Crippen molar-refractivity contribution < 1.29 is 13.6 Å². The maximum absolute atomic E-state index is 14.0. The first-order valence-electron chi connectivity index (χ1n) is 11.7. The van der Waals surface area contributed by atoms with E-state index in [1.54, 1.807) is 48.7 Å². The van der Waals surface area contributed by atoms with Crippen LogP contribution in [0.1, 0.15) is 23.3 Å². The lowest BCUT2D eigenvalue weighted by atomic mass is 9.65. The number of ketones is 1. The molecule has 1 atom stereocenters. The molecule has 2 aromatic carbocycles. The summed E-state index contributed by atoms with van der Waals surface area (Å²) in [5, 5.41) is 11.5. The van der Waals surface area contributed by atoms with Gasteiger partial charge in [0, 0.05) is 41.8 Å². The molecule has 1 aliphatic heterocycles. The number of hydrogen-bond donors (Lipinski definition) is 2. The molecule has 0 spiro atoms. The number of rotatable bonds is 7. The molecule has 188 valence electrons. The maximum atomic E-state index is 14.0. The summed E-state index contributed by atoms with van der Waals surface area (Å²) in [6.45, 7) is 1.04. The molecule has 5 nitrogen and oxygen atoms in total. The molecule has 0 radical (unpaired) electrons. The molecule has 2 heterocycles. The smallest absolute Gasteiger partial charge is 0.192 e. The Morgan fingerprint density at radius 3 is 2.68 bits per heavy atom. The first-order chi connectivity index (χ1) is 17.9. The molecule has 1 saturated heterocycles. The van der Waals surface area contributed by atoms with Gasteiger partial charge in [-0.05, 0) is 91.0 Å². The SMILES string of the molecule is N=CC1=C(Nc2ccc(F)cc2)C=C2CCN(Sc3ccc(F)c(Cl)c3)CC2(C(=O)c2ccccn2)C1. The summed E-state index contributed by atoms with van der Waals surface area (Å²) in [4.78, 5) is 19.2. The van der Waals surface area contributed by atoms with Gasteiger partial charge in [-0.15, -0.1) is 0 Å². The third-order valence-electron chi connectivity index (χ3n) is 6.60. The fourth-order valence-electron chi connectivity index (χ4n) is 4.77. The third-order valence-corrected chi connectivity index (χ3v) is 7.93. The first-order valence-corrected chi connectivity index (χ1v) is 12.8. The van der Waals surface area contributed by atoms with Crippen molar-refractivity contribution in [3.63, 3.8) is 0 Å². The summed E-state index contributed by atoms with van der Waals surface area (Å²) in [5.74, 6) is -0.922. The Balaban J connectivity index is 1.50. The van der Waals surface area contributed by atoms with Crippen molar-refractivity contribution >= 4 is 41.2 Å². The molecule has 2 N–H and O–H groups in total. The van der Waals surface area contributed by atoms with Gasteiger partial charge in [0.2, 0.25) is 0 Å². The van der Waals surface area contributed by atoms with Gasteiger partial charge in [0.15, 0.2) is 5.78 Å². The quantitative estimate of drug-likeness (QED) is 0.194. The van der Waals surface area contributed by atoms with E-state index in [1.807, 2.05) is 6.08 Å². The lowest BCUT2D eigenvalue weighted by Gasteiger charge is -2.45. The zero-order valence-corrected chi connectivity index (χ0v) is 21.3. The topological polar surface area (TPSA) is 69.1 Å². The Labute approximate surface area is 222 Å². The summed E-state index contributed by atoms with van der Waals surface area (Å²) >= 11 is 7.42. The van der Waals surface area contributed by atoms with E-state index in [0.29, 0.717) is 48.6 Å². The van der Waals surface area contributed by atoms with Crippen molar-refractivity contribution in [1.82, 2.24) is 9.29 Å². The normalized spacial score (nSPS) is 19.7. The Kier molecular flexibility index (Phi) is 7.24. The highest BCUT2D eigenvalue weighted by molar-refractivity contribution is 7.97. The Morgan fingerprint density at radius 2 is 1.97 bits per heavy atom. The monoisotopic (exact) mass is 536 g/mol. The average Bonchev–Trinajstić information content (AvgIpc) is 2.92. The second kappa shape index (κ2) is 10.6. The van der Waals surface area contributed by atoms with E-state index in [1.165, 1.54) is 36.4 Å². The van der Waals surface area contributed by atoms with Gasteiger partial charge < -0.3 is 10.7 Å². The van der Waals surface area contributed by atoms with Crippen LogP contribution in [0, 0.1) is 22.5 Å². The van der Waals surface area contributed by atoms with Crippen LogP contribution in [0.4, 0.5) is 14.5 Å². The largest absolute Gasteiger partial charge is 0.355 e. The van der Waals surface area contributed by atoms with Gasteiger partial charge in [0.05, 0.1) is 10.4 Å². The second-order valence-corrected chi connectivity index (χ2v) is 10.5. The molecule has 1 unspecified atom stereocenters. The zero-order valence-electron chi connectivity index (χ0n) is 19.7. The van der Waals surface area contributed by atoms with Gasteiger partial charge in [0.1, 0.15) is 17.3 Å². The average molecular weight is 537 g/mol. The Bertz CT molecular complexity index is 1410. The maximum Gasteiger partial charge on any atom is 0.192 e. The number of pyridine rings is 1. The second-order valence-electron chi connectivity index (χ2n) is 8.97. The van der Waals surface area contributed by atoms with E-state index in [0.717, 1.165) is 10.5 Å². The molecule has 9 heteroatoms. The molecule has 0 saturated carbocycles. The number of piperidine rings is 1. The first kappa shape index (κ1) is 25.3. The minimum absolute atomic E-state index is 0.0464. The molecule has 2 aliphatic rings. The lowest BCUT2D eigenvalue weighted by molar-refractivity contribution is 0.0775. The lowest BCUT2D eigenvalue weighted by Crippen LogP contribution is -2.49. The molecule has 37 heavy (non-hydrogen) atoms. The van der Waals surface area contributed by atoms with Gasteiger partial charge in [-0.25, -0.2) is 13.1 Å². The summed E-state index contributed by atoms with van der Waals surface area (Å²) < 4.78 is 29.2. The van der Waals surface area contributed by atoms with Gasteiger partial charge >= 0.3 is 0 Å². The van der Waals surface area contributed by atoms with Crippen molar-refractivity contribution in [3.05, 3.63) is 112 Å². The fourth-order valence-corrected chi connectivity index (χ4v) is 6.08. The van der Waals surface area contributed by atoms with Crippen LogP contribution in [0.2, 0.25) is 5.02 Å².